The molecule has 0 atom stereocenters. The fourth-order valence-electron chi connectivity index (χ4n) is 9.43. The molecule has 2 nitrogen and oxygen atoms in total. The second kappa shape index (κ2) is 19.4. The minimum atomic E-state index is -0.812. The Balaban J connectivity index is 1.30. The third-order valence-electron chi connectivity index (χ3n) is 11.9. The van der Waals surface area contributed by atoms with Crippen molar-refractivity contribution in [2.75, 3.05) is 11.5 Å². The highest BCUT2D eigenvalue weighted by Gasteiger charge is 2.49. The maximum Gasteiger partial charge on any atom is 0.0491 e. The molecule has 4 N–H and O–H groups in total. The van der Waals surface area contributed by atoms with Crippen LogP contribution in [0.1, 0.15) is 86.8 Å². The first-order chi connectivity index (χ1) is 23.3. The van der Waals surface area contributed by atoms with Gasteiger partial charge in [0.25, 0.3) is 0 Å². The molecule has 0 aliphatic heterocycles. The van der Waals surface area contributed by atoms with Gasteiger partial charge in [-0.15, -0.1) is 0 Å². The molecule has 0 spiro atoms. The third-order valence-corrected chi connectivity index (χ3v) is 11.9. The molecular weight excluding hydrogens is 569 g/mol. The summed E-state index contributed by atoms with van der Waals surface area (Å²) in [5.74, 6) is 2.30. The first-order valence-electron chi connectivity index (χ1n) is 18.4. The van der Waals surface area contributed by atoms with Crippen molar-refractivity contribution in [2.45, 2.75) is 82.4 Å². The molecule has 2 aromatic rings. The molecule has 0 aromatic heterocycles. The normalized spacial score (nSPS) is 20.4. The third kappa shape index (κ3) is 11.4. The van der Waals surface area contributed by atoms with Gasteiger partial charge in [-0.1, -0.05) is 68.6 Å². The summed E-state index contributed by atoms with van der Waals surface area (Å²) in [5.41, 5.74) is 17.3. The van der Waals surface area contributed by atoms with Gasteiger partial charge in [0.05, 0.1) is 0 Å². The zero-order chi connectivity index (χ0) is 35.8. The summed E-state index contributed by atoms with van der Waals surface area (Å²) in [7, 11) is 64.3. The zero-order valence-corrected chi connectivity index (χ0v) is 29.3. The van der Waals surface area contributed by atoms with E-state index >= 15 is 0 Å². The van der Waals surface area contributed by atoms with Crippen LogP contribution in [0.25, 0.3) is 0 Å². The molecule has 2 aliphatic rings. The van der Waals surface area contributed by atoms with Crippen molar-refractivity contribution in [3.05, 3.63) is 59.2 Å². The van der Waals surface area contributed by atoms with E-state index in [1.54, 1.807) is 6.07 Å². The maximum atomic E-state index is 6.61. The molecule has 0 amide bonds. The van der Waals surface area contributed by atoms with E-state index < -0.39 is 44.7 Å². The van der Waals surface area contributed by atoms with Crippen LogP contribution in [0.15, 0.2) is 42.5 Å². The molecular formula is C27H37B20N2. The molecule has 2 aliphatic carbocycles. The number of benzene rings is 2. The lowest BCUT2D eigenvalue weighted by Gasteiger charge is -2.48. The van der Waals surface area contributed by atoms with Crippen LogP contribution >= 0.6 is 0 Å². The lowest BCUT2D eigenvalue weighted by atomic mass is 8.41. The smallest absolute Gasteiger partial charge is 0.0491 e. The van der Waals surface area contributed by atoms with Crippen molar-refractivity contribution < 1.29 is 0 Å². The Hall–Kier alpha value is -0.661. The van der Waals surface area contributed by atoms with Gasteiger partial charge in [-0.2, -0.15) is 0 Å². The van der Waals surface area contributed by atoms with Crippen LogP contribution in [0, 0.1) is 11.8 Å². The molecule has 4 rings (SSSR count). The summed E-state index contributed by atoms with van der Waals surface area (Å²) in [6.45, 7) is -0.190. The van der Waals surface area contributed by atoms with Crippen LogP contribution in [-0.4, -0.2) is 142 Å². The van der Waals surface area contributed by atoms with E-state index in [4.69, 9.17) is 88.8 Å². The van der Waals surface area contributed by atoms with Crippen LogP contribution in [-0.2, 0) is 6.42 Å². The molecule has 0 saturated heterocycles. The molecule has 215 valence electrons. The van der Waals surface area contributed by atoms with E-state index in [0.29, 0.717) is 23.2 Å². The van der Waals surface area contributed by atoms with Gasteiger partial charge in [-0.05, 0) is 84.7 Å². The van der Waals surface area contributed by atoms with Crippen molar-refractivity contribution in [3.8, 4) is 0 Å². The molecule has 2 aromatic carbocycles. The number of anilines is 2. The number of rotatable bonds is 16. The average Bonchev–Trinajstić information content (AvgIpc) is 3.04. The average molecular weight is 606 g/mol. The van der Waals surface area contributed by atoms with Crippen molar-refractivity contribution >= 4 is 153 Å². The van der Waals surface area contributed by atoms with Crippen molar-refractivity contribution in [2.24, 2.45) is 11.8 Å². The van der Waals surface area contributed by atoms with Crippen molar-refractivity contribution in [3.63, 3.8) is 0 Å². The largest absolute Gasteiger partial charge is 0.399 e. The van der Waals surface area contributed by atoms with Crippen LogP contribution in [0.3, 0.4) is 0 Å². The Bertz CT molecular complexity index is 1240. The number of nitrogens with two attached hydrogens (primary N) is 2. The standard InChI is InChI=1S/C27H37B20N2/c28-38-44(37)46(47(42(33)34)43(35)36)39(45(40(29)30)41(31)32)25-13-7-20(8-14-25)2-1-19-3-9-23(10-4-19)24-11-5-21(6-12-24)15-22-16-26(48)18-27(49)17-22/h5-6,11-12,16-20,23,25H,1-4,7-10,13-15,48-49H2. The minimum absolute atomic E-state index is 0.190. The Kier molecular flexibility index (Phi) is 16.3. The Morgan fingerprint density at radius 1 is 0.571 bits per heavy atom. The summed E-state index contributed by atoms with van der Waals surface area (Å²) in [6.07, 6.45) is 7.53. The number of hydrogen-bond donors (Lipinski definition) is 2. The van der Waals surface area contributed by atoms with Gasteiger partial charge < -0.3 is 11.5 Å². The molecule has 0 unspecified atom stereocenters. The SMILES string of the molecule is [B][B]B([B])B(B(B([B])[B])B([B])[B])B(B(B([B])[B])B([B])[B])C1CCC(CCC2CCC(c3ccc(Cc4cc(N)cc(N)c4)cc3)CC2)CC1. The van der Waals surface area contributed by atoms with Crippen LogP contribution in [0.2, 0.25) is 5.82 Å². The molecule has 49 heavy (non-hydrogen) atoms. The van der Waals surface area contributed by atoms with Crippen LogP contribution in [0.5, 0.6) is 0 Å². The molecule has 21 radical (unpaired) electrons. The van der Waals surface area contributed by atoms with E-state index in [2.05, 4.69) is 24.3 Å². The summed E-state index contributed by atoms with van der Waals surface area (Å²) in [4.78, 5) is 0. The first-order valence-corrected chi connectivity index (χ1v) is 18.4. The van der Waals surface area contributed by atoms with Gasteiger partial charge in [0.1, 0.15) is 0 Å². The number of nitrogen functional groups attached to an aromatic ring is 2. The van der Waals surface area contributed by atoms with Gasteiger partial charge in [0, 0.05) is 153 Å². The molecule has 2 saturated carbocycles. The molecule has 2 fully saturated rings. The summed E-state index contributed by atoms with van der Waals surface area (Å²) in [5, 5.41) is 0. The van der Waals surface area contributed by atoms with E-state index in [0.717, 1.165) is 43.6 Å². The fourth-order valence-corrected chi connectivity index (χ4v) is 9.43. The van der Waals surface area contributed by atoms with Crippen molar-refractivity contribution in [1.29, 1.82) is 0 Å². The predicted octanol–water partition coefficient (Wildman–Crippen LogP) is -0.592. The summed E-state index contributed by atoms with van der Waals surface area (Å²) < 4.78 is 0. The second-order valence-corrected chi connectivity index (χ2v) is 15.4. The topological polar surface area (TPSA) is 52.0 Å². The maximum absolute atomic E-state index is 6.61. The van der Waals surface area contributed by atoms with Gasteiger partial charge in [0.15, 0.2) is 0 Å². The Morgan fingerprint density at radius 3 is 1.49 bits per heavy atom. The minimum Gasteiger partial charge on any atom is -0.399 e. The first kappa shape index (κ1) is 41.1. The second-order valence-electron chi connectivity index (χ2n) is 15.4. The highest BCUT2D eigenvalue weighted by atomic mass is 14.6. The van der Waals surface area contributed by atoms with Crippen molar-refractivity contribution in [1.82, 2.24) is 0 Å². The highest BCUT2D eigenvalue weighted by molar-refractivity contribution is 8.15. The van der Waals surface area contributed by atoms with E-state index in [-0.39, 0.29) is 18.7 Å². The summed E-state index contributed by atoms with van der Waals surface area (Å²) in [6, 6.07) is 14.9. The Labute approximate surface area is 316 Å². The molecule has 0 heterocycles. The molecule has 0 bridgehead atoms. The molecule has 22 heteroatoms. The van der Waals surface area contributed by atoms with Gasteiger partial charge in [0.2, 0.25) is 0 Å². The van der Waals surface area contributed by atoms with Crippen LogP contribution in [0.4, 0.5) is 11.4 Å². The van der Waals surface area contributed by atoms with E-state index in [1.165, 1.54) is 56.7 Å². The van der Waals surface area contributed by atoms with E-state index in [9.17, 15) is 0 Å². The Morgan fingerprint density at radius 2 is 1.04 bits per heavy atom. The predicted molar refractivity (Wildman–Crippen MR) is 239 cm³/mol. The monoisotopic (exact) mass is 609 g/mol. The van der Waals surface area contributed by atoms with Gasteiger partial charge in [-0.3, -0.25) is 0 Å². The lowest BCUT2D eigenvalue weighted by molar-refractivity contribution is 0.261. The fraction of sp³-hybridized carbons (Fsp3) is 0.556. The van der Waals surface area contributed by atoms with Gasteiger partial charge >= 0.3 is 0 Å². The van der Waals surface area contributed by atoms with E-state index in [1.807, 2.05) is 12.1 Å². The quantitative estimate of drug-likeness (QED) is 0.199. The van der Waals surface area contributed by atoms with Crippen LogP contribution < -0.4 is 11.5 Å². The lowest BCUT2D eigenvalue weighted by Crippen LogP contribution is -2.80. The number of hydrogen-bond acceptors (Lipinski definition) is 2. The summed E-state index contributed by atoms with van der Waals surface area (Å²) >= 11 is 0. The zero-order valence-electron chi connectivity index (χ0n) is 29.3. The van der Waals surface area contributed by atoms with Gasteiger partial charge in [-0.25, -0.2) is 0 Å². The highest BCUT2D eigenvalue weighted by Crippen LogP contribution is 2.42.